The Balaban J connectivity index is 2.25. The average molecular weight is 308 g/mol. The number of ether oxygens (including phenoxy) is 1. The first-order valence-corrected chi connectivity index (χ1v) is 6.47. The zero-order valence-electron chi connectivity index (χ0n) is 12.0. The van der Waals surface area contributed by atoms with Crippen LogP contribution >= 0.6 is 0 Å². The summed E-state index contributed by atoms with van der Waals surface area (Å²) in [5.74, 6) is 4.82. The van der Waals surface area contributed by atoms with Crippen LogP contribution in [0.25, 0.3) is 0 Å². The summed E-state index contributed by atoms with van der Waals surface area (Å²) < 4.78 is 28.5. The predicted octanol–water partition coefficient (Wildman–Crippen LogP) is 2.08. The minimum atomic E-state index is -2.92. The van der Waals surface area contributed by atoms with Crippen molar-refractivity contribution in [1.82, 2.24) is 10.2 Å². The molecule has 1 aliphatic heterocycles. The van der Waals surface area contributed by atoms with E-state index in [1.165, 1.54) is 24.3 Å². The van der Waals surface area contributed by atoms with Crippen LogP contribution in [0, 0.1) is 11.8 Å². The quantitative estimate of drug-likeness (QED) is 0.684. The van der Waals surface area contributed by atoms with Crippen molar-refractivity contribution in [3.05, 3.63) is 29.8 Å². The molecular weight excluding hydrogens is 294 g/mol. The minimum absolute atomic E-state index is 0.00331. The Morgan fingerprint density at radius 2 is 1.95 bits per heavy atom. The van der Waals surface area contributed by atoms with E-state index in [1.807, 2.05) is 0 Å². The van der Waals surface area contributed by atoms with Crippen molar-refractivity contribution in [3.8, 4) is 17.6 Å². The Bertz CT molecular complexity index is 649. The van der Waals surface area contributed by atoms with E-state index in [0.717, 1.165) is 4.90 Å². The van der Waals surface area contributed by atoms with Crippen molar-refractivity contribution in [1.29, 1.82) is 0 Å². The number of hydrogen-bond donors (Lipinski definition) is 1. The van der Waals surface area contributed by atoms with Gasteiger partial charge in [-0.15, -0.1) is 5.92 Å². The van der Waals surface area contributed by atoms with Gasteiger partial charge in [-0.05, 0) is 31.5 Å². The molecule has 1 unspecified atom stereocenters. The summed E-state index contributed by atoms with van der Waals surface area (Å²) in [7, 11) is 0. The second-order valence-electron chi connectivity index (χ2n) is 4.78. The molecule has 1 aromatic rings. The zero-order chi connectivity index (χ0) is 16.3. The molecule has 1 saturated heterocycles. The molecule has 0 saturated carbocycles. The van der Waals surface area contributed by atoms with Crippen LogP contribution in [0.5, 0.6) is 5.75 Å². The van der Waals surface area contributed by atoms with E-state index in [-0.39, 0.29) is 12.3 Å². The van der Waals surface area contributed by atoms with Crippen LogP contribution in [0.15, 0.2) is 24.3 Å². The molecule has 0 aliphatic carbocycles. The van der Waals surface area contributed by atoms with Crippen LogP contribution in [0.4, 0.5) is 13.6 Å². The molecule has 1 N–H and O–H groups in total. The van der Waals surface area contributed by atoms with Crippen molar-refractivity contribution in [2.24, 2.45) is 0 Å². The molecule has 7 heteroatoms. The molecule has 0 radical (unpaired) electrons. The monoisotopic (exact) mass is 308 g/mol. The first-order chi connectivity index (χ1) is 10.4. The van der Waals surface area contributed by atoms with Gasteiger partial charge in [0.15, 0.2) is 0 Å². The Morgan fingerprint density at radius 3 is 2.50 bits per heavy atom. The summed E-state index contributed by atoms with van der Waals surface area (Å²) in [6, 6.07) is 5.03. The van der Waals surface area contributed by atoms with Gasteiger partial charge >= 0.3 is 12.6 Å². The third kappa shape index (κ3) is 2.86. The summed E-state index contributed by atoms with van der Waals surface area (Å²) in [6.45, 7) is 0.246. The second kappa shape index (κ2) is 6.02. The number of carbonyl (C=O) groups is 2. The van der Waals surface area contributed by atoms with Gasteiger partial charge in [-0.2, -0.15) is 8.78 Å². The fourth-order valence-corrected chi connectivity index (χ4v) is 2.16. The Hall–Kier alpha value is -2.62. The SMILES string of the molecule is CC#CCN1C(=O)NC(C)(c2ccc(OC(F)F)cc2)C1=O. The Kier molecular flexibility index (Phi) is 4.31. The average Bonchev–Trinajstić information content (AvgIpc) is 2.68. The first kappa shape index (κ1) is 15.8. The lowest BCUT2D eigenvalue weighted by Crippen LogP contribution is -2.40. The summed E-state index contributed by atoms with van der Waals surface area (Å²) in [5.41, 5.74) is -0.782. The third-order valence-electron chi connectivity index (χ3n) is 3.35. The second-order valence-corrected chi connectivity index (χ2v) is 4.78. The topological polar surface area (TPSA) is 58.6 Å². The van der Waals surface area contributed by atoms with Gasteiger partial charge in [0.05, 0.1) is 6.54 Å². The highest BCUT2D eigenvalue weighted by atomic mass is 19.3. The molecule has 0 bridgehead atoms. The summed E-state index contributed by atoms with van der Waals surface area (Å²) in [4.78, 5) is 25.3. The summed E-state index contributed by atoms with van der Waals surface area (Å²) >= 11 is 0. The van der Waals surface area contributed by atoms with Crippen LogP contribution in [0.2, 0.25) is 0 Å². The van der Waals surface area contributed by atoms with Crippen molar-refractivity contribution >= 4 is 11.9 Å². The lowest BCUT2D eigenvalue weighted by atomic mass is 9.92. The van der Waals surface area contributed by atoms with Gasteiger partial charge in [0, 0.05) is 0 Å². The van der Waals surface area contributed by atoms with Crippen molar-refractivity contribution in [2.75, 3.05) is 6.54 Å². The maximum atomic E-state index is 12.4. The lowest BCUT2D eigenvalue weighted by Gasteiger charge is -2.22. The molecular formula is C15H14F2N2O3. The van der Waals surface area contributed by atoms with Crippen LogP contribution < -0.4 is 10.1 Å². The smallest absolute Gasteiger partial charge is 0.387 e. The minimum Gasteiger partial charge on any atom is -0.435 e. The number of halogens is 2. The molecule has 22 heavy (non-hydrogen) atoms. The van der Waals surface area contributed by atoms with E-state index < -0.39 is 24.1 Å². The van der Waals surface area contributed by atoms with E-state index in [2.05, 4.69) is 21.9 Å². The van der Waals surface area contributed by atoms with Gasteiger partial charge in [-0.3, -0.25) is 9.69 Å². The number of benzene rings is 1. The summed E-state index contributed by atoms with van der Waals surface area (Å²) in [5, 5.41) is 2.60. The van der Waals surface area contributed by atoms with Crippen LogP contribution in [-0.4, -0.2) is 30.0 Å². The number of nitrogens with zero attached hydrogens (tertiary/aromatic N) is 1. The Labute approximate surface area is 126 Å². The molecule has 1 atom stereocenters. The van der Waals surface area contributed by atoms with Crippen LogP contribution in [0.1, 0.15) is 19.4 Å². The van der Waals surface area contributed by atoms with E-state index in [9.17, 15) is 18.4 Å². The van der Waals surface area contributed by atoms with Gasteiger partial charge < -0.3 is 10.1 Å². The normalized spacial score (nSPS) is 20.7. The molecule has 1 aromatic carbocycles. The van der Waals surface area contributed by atoms with Crippen molar-refractivity contribution in [2.45, 2.75) is 26.0 Å². The van der Waals surface area contributed by atoms with Gasteiger partial charge in [0.1, 0.15) is 11.3 Å². The fourth-order valence-electron chi connectivity index (χ4n) is 2.16. The number of imide groups is 1. The molecule has 1 aliphatic rings. The molecule has 0 aromatic heterocycles. The standard InChI is InChI=1S/C15H14F2N2O3/c1-3-4-9-19-12(20)15(2,18-14(19)21)10-5-7-11(8-6-10)22-13(16)17/h5-8,13H,9H2,1-2H3,(H,18,21). The molecule has 1 fully saturated rings. The van der Waals surface area contributed by atoms with Crippen molar-refractivity contribution in [3.63, 3.8) is 0 Å². The molecule has 1 heterocycles. The van der Waals surface area contributed by atoms with Gasteiger partial charge in [0.2, 0.25) is 0 Å². The number of hydrogen-bond acceptors (Lipinski definition) is 3. The number of amides is 3. The number of nitrogens with one attached hydrogen (secondary N) is 1. The maximum Gasteiger partial charge on any atom is 0.387 e. The van der Waals surface area contributed by atoms with Gasteiger partial charge in [0.25, 0.3) is 5.91 Å². The van der Waals surface area contributed by atoms with Crippen molar-refractivity contribution < 1.29 is 23.1 Å². The number of rotatable bonds is 4. The highest BCUT2D eigenvalue weighted by Crippen LogP contribution is 2.30. The molecule has 5 nitrogen and oxygen atoms in total. The fraction of sp³-hybridized carbons (Fsp3) is 0.333. The van der Waals surface area contributed by atoms with Gasteiger partial charge in [-0.1, -0.05) is 18.1 Å². The number of alkyl halides is 2. The van der Waals surface area contributed by atoms with Gasteiger partial charge in [-0.25, -0.2) is 4.79 Å². The van der Waals surface area contributed by atoms with E-state index in [1.54, 1.807) is 13.8 Å². The summed E-state index contributed by atoms with van der Waals surface area (Å²) in [6.07, 6.45) is 0. The largest absolute Gasteiger partial charge is 0.435 e. The predicted molar refractivity (Wildman–Crippen MR) is 74.1 cm³/mol. The van der Waals surface area contributed by atoms with Crippen LogP contribution in [0.3, 0.4) is 0 Å². The third-order valence-corrected chi connectivity index (χ3v) is 3.35. The number of urea groups is 1. The Morgan fingerprint density at radius 1 is 1.32 bits per heavy atom. The lowest BCUT2D eigenvalue weighted by molar-refractivity contribution is -0.130. The maximum absolute atomic E-state index is 12.4. The van der Waals surface area contributed by atoms with E-state index in [4.69, 9.17) is 0 Å². The van der Waals surface area contributed by atoms with Crippen LogP contribution in [-0.2, 0) is 10.3 Å². The molecule has 2 rings (SSSR count). The molecule has 3 amide bonds. The number of carbonyl (C=O) groups excluding carboxylic acids is 2. The highest BCUT2D eigenvalue weighted by Gasteiger charge is 2.48. The zero-order valence-corrected chi connectivity index (χ0v) is 12.0. The van der Waals surface area contributed by atoms with E-state index in [0.29, 0.717) is 5.56 Å². The highest BCUT2D eigenvalue weighted by molar-refractivity contribution is 6.07. The molecule has 116 valence electrons. The first-order valence-electron chi connectivity index (χ1n) is 6.47. The molecule has 0 spiro atoms. The van der Waals surface area contributed by atoms with E-state index >= 15 is 0 Å².